The number of hydrogen-bond acceptors (Lipinski definition) is 3. The van der Waals surface area contributed by atoms with Crippen molar-refractivity contribution in [1.29, 1.82) is 0 Å². The smallest absolute Gasteiger partial charge is 0.335 e. The molecule has 5 heteroatoms. The summed E-state index contributed by atoms with van der Waals surface area (Å²) in [5.74, 6) is -1.30. The number of carboxylic acids is 1. The third-order valence-corrected chi connectivity index (χ3v) is 3.28. The van der Waals surface area contributed by atoms with Gasteiger partial charge in [-0.25, -0.2) is 4.79 Å². The number of nitrogens with two attached hydrogens (primary N) is 1. The van der Waals surface area contributed by atoms with E-state index in [0.29, 0.717) is 5.69 Å². The molecule has 1 aromatic rings. The van der Waals surface area contributed by atoms with Gasteiger partial charge >= 0.3 is 5.97 Å². The first-order valence-electron chi connectivity index (χ1n) is 5.98. The molecular weight excluding hydrogens is 232 g/mol. The molecule has 2 rings (SSSR count). The highest BCUT2D eigenvalue weighted by atomic mass is 16.4. The van der Waals surface area contributed by atoms with E-state index in [2.05, 4.69) is 5.32 Å². The summed E-state index contributed by atoms with van der Waals surface area (Å²) < 4.78 is 0. The van der Waals surface area contributed by atoms with Crippen molar-refractivity contribution in [1.82, 2.24) is 0 Å². The minimum Gasteiger partial charge on any atom is -0.478 e. The Morgan fingerprint density at radius 3 is 2.72 bits per heavy atom. The van der Waals surface area contributed by atoms with Crippen LogP contribution in [0, 0.1) is 5.92 Å². The molecule has 0 heterocycles. The summed E-state index contributed by atoms with van der Waals surface area (Å²) >= 11 is 0. The fraction of sp³-hybridized carbons (Fsp3) is 0.385. The van der Waals surface area contributed by atoms with Crippen LogP contribution in [0.5, 0.6) is 0 Å². The van der Waals surface area contributed by atoms with Gasteiger partial charge in [0.1, 0.15) is 0 Å². The number of nitrogens with one attached hydrogen (secondary N) is 1. The number of benzene rings is 1. The molecule has 1 amide bonds. The van der Waals surface area contributed by atoms with Crippen molar-refractivity contribution in [3.8, 4) is 0 Å². The summed E-state index contributed by atoms with van der Waals surface area (Å²) in [5.41, 5.74) is 6.51. The molecule has 0 saturated heterocycles. The van der Waals surface area contributed by atoms with E-state index in [4.69, 9.17) is 10.8 Å². The number of anilines is 1. The van der Waals surface area contributed by atoms with E-state index in [1.165, 1.54) is 12.1 Å². The van der Waals surface area contributed by atoms with Crippen LogP contribution in [0.1, 0.15) is 29.6 Å². The number of amides is 1. The van der Waals surface area contributed by atoms with E-state index < -0.39 is 5.97 Å². The van der Waals surface area contributed by atoms with Crippen LogP contribution in [-0.2, 0) is 4.79 Å². The van der Waals surface area contributed by atoms with E-state index in [0.717, 1.165) is 19.3 Å². The fourth-order valence-electron chi connectivity index (χ4n) is 2.28. The predicted octanol–water partition coefficient (Wildman–Crippen LogP) is 1.45. The van der Waals surface area contributed by atoms with Crippen molar-refractivity contribution in [2.75, 3.05) is 5.32 Å². The van der Waals surface area contributed by atoms with E-state index in [-0.39, 0.29) is 23.4 Å². The average molecular weight is 248 g/mol. The lowest BCUT2D eigenvalue weighted by Crippen LogP contribution is -2.34. The van der Waals surface area contributed by atoms with Crippen LogP contribution in [0.15, 0.2) is 24.3 Å². The van der Waals surface area contributed by atoms with Gasteiger partial charge in [-0.1, -0.05) is 12.5 Å². The Morgan fingerprint density at radius 2 is 2.11 bits per heavy atom. The highest BCUT2D eigenvalue weighted by Gasteiger charge is 2.30. The van der Waals surface area contributed by atoms with E-state index in [9.17, 15) is 9.59 Å². The van der Waals surface area contributed by atoms with Crippen LogP contribution in [0.4, 0.5) is 5.69 Å². The van der Waals surface area contributed by atoms with Gasteiger partial charge in [-0.2, -0.15) is 0 Å². The summed E-state index contributed by atoms with van der Waals surface area (Å²) in [7, 11) is 0. The van der Waals surface area contributed by atoms with E-state index in [1.54, 1.807) is 12.1 Å². The molecule has 18 heavy (non-hydrogen) atoms. The van der Waals surface area contributed by atoms with Crippen LogP contribution in [0.2, 0.25) is 0 Å². The number of aromatic carboxylic acids is 1. The van der Waals surface area contributed by atoms with Gasteiger partial charge in [-0.05, 0) is 31.0 Å². The van der Waals surface area contributed by atoms with Gasteiger partial charge in [0, 0.05) is 11.7 Å². The molecule has 0 aromatic heterocycles. The Balaban J connectivity index is 2.07. The molecule has 1 fully saturated rings. The molecule has 1 aliphatic rings. The van der Waals surface area contributed by atoms with Gasteiger partial charge < -0.3 is 16.2 Å². The standard InChI is InChI=1S/C13H16N2O3/c14-11-6-2-5-10(11)12(16)15-9-4-1-3-8(7-9)13(17)18/h1,3-4,7,10-11H,2,5-6,14H2,(H,15,16)(H,17,18). The van der Waals surface area contributed by atoms with Crippen LogP contribution < -0.4 is 11.1 Å². The average Bonchev–Trinajstić information content (AvgIpc) is 2.76. The Morgan fingerprint density at radius 1 is 1.33 bits per heavy atom. The third-order valence-electron chi connectivity index (χ3n) is 3.28. The Kier molecular flexibility index (Phi) is 3.62. The zero-order valence-electron chi connectivity index (χ0n) is 9.93. The molecule has 2 unspecified atom stereocenters. The topological polar surface area (TPSA) is 92.4 Å². The zero-order chi connectivity index (χ0) is 13.1. The maximum atomic E-state index is 12.0. The highest BCUT2D eigenvalue weighted by molar-refractivity contribution is 5.95. The monoisotopic (exact) mass is 248 g/mol. The Labute approximate surface area is 105 Å². The molecule has 1 saturated carbocycles. The second kappa shape index (κ2) is 5.18. The van der Waals surface area contributed by atoms with E-state index >= 15 is 0 Å². The molecule has 0 bridgehead atoms. The van der Waals surface area contributed by atoms with Gasteiger partial charge in [-0.3, -0.25) is 4.79 Å². The molecule has 5 nitrogen and oxygen atoms in total. The quantitative estimate of drug-likeness (QED) is 0.754. The van der Waals surface area contributed by atoms with Crippen molar-refractivity contribution in [2.24, 2.45) is 11.7 Å². The first-order valence-corrected chi connectivity index (χ1v) is 5.98. The molecule has 96 valence electrons. The minimum absolute atomic E-state index is 0.0901. The molecular formula is C13H16N2O3. The Hall–Kier alpha value is -1.88. The van der Waals surface area contributed by atoms with Crippen molar-refractivity contribution in [2.45, 2.75) is 25.3 Å². The molecule has 0 aliphatic heterocycles. The third kappa shape index (κ3) is 2.68. The maximum absolute atomic E-state index is 12.0. The van der Waals surface area contributed by atoms with Crippen LogP contribution >= 0.6 is 0 Å². The maximum Gasteiger partial charge on any atom is 0.335 e. The van der Waals surface area contributed by atoms with Gasteiger partial charge in [0.05, 0.1) is 11.5 Å². The molecule has 4 N–H and O–H groups in total. The first kappa shape index (κ1) is 12.6. The largest absolute Gasteiger partial charge is 0.478 e. The lowest BCUT2D eigenvalue weighted by Gasteiger charge is -2.15. The van der Waals surface area contributed by atoms with Crippen molar-refractivity contribution in [3.63, 3.8) is 0 Å². The Bertz CT molecular complexity index is 473. The molecule has 1 aromatic carbocycles. The number of carbonyl (C=O) groups excluding carboxylic acids is 1. The summed E-state index contributed by atoms with van der Waals surface area (Å²) in [4.78, 5) is 22.8. The molecule has 0 radical (unpaired) electrons. The lowest BCUT2D eigenvalue weighted by atomic mass is 10.0. The second-order valence-electron chi connectivity index (χ2n) is 4.58. The SMILES string of the molecule is NC1CCCC1C(=O)Nc1cccc(C(=O)O)c1. The van der Waals surface area contributed by atoms with Gasteiger partial charge in [0.15, 0.2) is 0 Å². The van der Waals surface area contributed by atoms with Gasteiger partial charge in [0.25, 0.3) is 0 Å². The number of hydrogen-bond donors (Lipinski definition) is 3. The number of carboxylic acid groups (broad SMARTS) is 1. The van der Waals surface area contributed by atoms with Gasteiger partial charge in [0.2, 0.25) is 5.91 Å². The number of carbonyl (C=O) groups is 2. The van der Waals surface area contributed by atoms with Gasteiger partial charge in [-0.15, -0.1) is 0 Å². The predicted molar refractivity (Wildman–Crippen MR) is 67.3 cm³/mol. The van der Waals surface area contributed by atoms with Crippen LogP contribution in [0.25, 0.3) is 0 Å². The fourth-order valence-corrected chi connectivity index (χ4v) is 2.28. The molecule has 2 atom stereocenters. The van der Waals surface area contributed by atoms with Crippen molar-refractivity contribution < 1.29 is 14.7 Å². The summed E-state index contributed by atoms with van der Waals surface area (Å²) in [5, 5.41) is 11.6. The van der Waals surface area contributed by atoms with E-state index in [1.807, 2.05) is 0 Å². The number of rotatable bonds is 3. The normalized spacial score (nSPS) is 22.7. The lowest BCUT2D eigenvalue weighted by molar-refractivity contribution is -0.120. The van der Waals surface area contributed by atoms with Crippen molar-refractivity contribution >= 4 is 17.6 Å². The molecule has 1 aliphatic carbocycles. The molecule has 0 spiro atoms. The second-order valence-corrected chi connectivity index (χ2v) is 4.58. The summed E-state index contributed by atoms with van der Waals surface area (Å²) in [6.07, 6.45) is 2.63. The highest BCUT2D eigenvalue weighted by Crippen LogP contribution is 2.25. The van der Waals surface area contributed by atoms with Crippen molar-refractivity contribution in [3.05, 3.63) is 29.8 Å². The minimum atomic E-state index is -1.01. The van der Waals surface area contributed by atoms with Crippen LogP contribution in [-0.4, -0.2) is 23.0 Å². The first-order chi connectivity index (χ1) is 8.58. The van der Waals surface area contributed by atoms with Crippen LogP contribution in [0.3, 0.4) is 0 Å². The zero-order valence-corrected chi connectivity index (χ0v) is 9.93. The summed E-state index contributed by atoms with van der Waals surface area (Å²) in [6.45, 7) is 0. The summed E-state index contributed by atoms with van der Waals surface area (Å²) in [6, 6.07) is 6.12.